The van der Waals surface area contributed by atoms with Crippen molar-refractivity contribution in [2.24, 2.45) is 11.8 Å². The topological polar surface area (TPSA) is 176 Å². The molecule has 4 rings (SSSR count). The van der Waals surface area contributed by atoms with E-state index in [1.165, 1.54) is 4.90 Å². The number of ether oxygens (including phenoxy) is 1. The van der Waals surface area contributed by atoms with Crippen LogP contribution in [-0.2, 0) is 27.4 Å². The number of para-hydroxylation sites is 1. The van der Waals surface area contributed by atoms with Crippen molar-refractivity contribution in [2.45, 2.75) is 123 Å². The summed E-state index contributed by atoms with van der Waals surface area (Å²) in [6, 6.07) is 4.37. The minimum Gasteiger partial charge on any atom is -0.485 e. The Balaban J connectivity index is 1.56. The van der Waals surface area contributed by atoms with Crippen LogP contribution >= 0.6 is 0 Å². The lowest BCUT2D eigenvalue weighted by Gasteiger charge is -2.31. The molecule has 3 heterocycles. The first kappa shape index (κ1) is 36.8. The average Bonchev–Trinajstić information content (AvgIpc) is 3.67. The molecule has 2 bridgehead atoms. The number of fused-ring (bicyclic) bond motifs is 4. The van der Waals surface area contributed by atoms with Gasteiger partial charge in [-0.25, -0.2) is 0 Å². The maximum absolute atomic E-state index is 14.0. The Morgan fingerprint density at radius 3 is 2.46 bits per heavy atom. The Bertz CT molecular complexity index is 1380. The van der Waals surface area contributed by atoms with E-state index in [-0.39, 0.29) is 49.3 Å². The standard InChI is InChI=1S/C35H52N6O7/c1-22(2)17-27-35(46)41-20-24(42)18-28(41)34(45)37-26(23(3)4)19-31(43)36-16-12-8-6-5-7-9-15-32-39-30(40-48-32)21-47-29-14-11-10-13-25(29)33(44)38-27/h10-11,13-14,22-24,26-28,42H,5-9,12,15-21H2,1-4H3,(H,36,43)(H,37,45)(H,38,44)/t24-,26+,27+,28+/m0/s1. The number of carbonyl (C=O) groups is 4. The van der Waals surface area contributed by atoms with Crippen molar-refractivity contribution in [1.82, 2.24) is 31.0 Å². The molecule has 0 saturated carbocycles. The van der Waals surface area contributed by atoms with E-state index in [0.717, 1.165) is 38.5 Å². The number of aryl methyl sites for hydroxylation is 1. The van der Waals surface area contributed by atoms with Crippen LogP contribution in [0.2, 0.25) is 0 Å². The number of amides is 4. The van der Waals surface area contributed by atoms with Crippen molar-refractivity contribution in [1.29, 1.82) is 0 Å². The Kier molecular flexibility index (Phi) is 13.8. The molecule has 264 valence electrons. The Labute approximate surface area is 282 Å². The highest BCUT2D eigenvalue weighted by Crippen LogP contribution is 2.24. The zero-order valence-corrected chi connectivity index (χ0v) is 28.7. The molecule has 4 N–H and O–H groups in total. The first-order chi connectivity index (χ1) is 23.0. The van der Waals surface area contributed by atoms with Gasteiger partial charge in [0.05, 0.1) is 11.7 Å². The van der Waals surface area contributed by atoms with E-state index in [1.54, 1.807) is 24.3 Å². The van der Waals surface area contributed by atoms with Crippen molar-refractivity contribution >= 4 is 23.6 Å². The van der Waals surface area contributed by atoms with Crippen molar-refractivity contribution < 1.29 is 33.5 Å². The van der Waals surface area contributed by atoms with Crippen LogP contribution in [0.3, 0.4) is 0 Å². The van der Waals surface area contributed by atoms with Crippen LogP contribution in [0.4, 0.5) is 0 Å². The lowest BCUT2D eigenvalue weighted by atomic mass is 9.99. The molecule has 2 aliphatic heterocycles. The summed E-state index contributed by atoms with van der Waals surface area (Å²) in [5.74, 6) is -0.351. The van der Waals surface area contributed by atoms with E-state index < -0.39 is 42.0 Å². The van der Waals surface area contributed by atoms with Gasteiger partial charge in [-0.2, -0.15) is 4.98 Å². The van der Waals surface area contributed by atoms with Crippen LogP contribution in [0.15, 0.2) is 28.8 Å². The molecule has 0 aliphatic carbocycles. The summed E-state index contributed by atoms with van der Waals surface area (Å²) in [5, 5.41) is 23.4. The predicted molar refractivity (Wildman–Crippen MR) is 178 cm³/mol. The van der Waals surface area contributed by atoms with E-state index in [4.69, 9.17) is 9.26 Å². The smallest absolute Gasteiger partial charge is 0.255 e. The molecule has 2 aliphatic rings. The highest BCUT2D eigenvalue weighted by molar-refractivity contribution is 6.00. The second kappa shape index (κ2) is 18.0. The average molecular weight is 669 g/mol. The van der Waals surface area contributed by atoms with E-state index in [9.17, 15) is 24.3 Å². The van der Waals surface area contributed by atoms with Gasteiger partial charge < -0.3 is 35.2 Å². The van der Waals surface area contributed by atoms with Gasteiger partial charge >= 0.3 is 0 Å². The van der Waals surface area contributed by atoms with Gasteiger partial charge in [0.2, 0.25) is 29.4 Å². The number of rotatable bonds is 3. The van der Waals surface area contributed by atoms with Gasteiger partial charge in [-0.1, -0.05) is 70.7 Å². The van der Waals surface area contributed by atoms with Gasteiger partial charge in [-0.05, 0) is 43.2 Å². The number of hydrogen-bond donors (Lipinski definition) is 4. The molecule has 1 fully saturated rings. The molecule has 13 heteroatoms. The molecule has 0 unspecified atom stereocenters. The molecule has 1 aromatic heterocycles. The normalized spacial score (nSPS) is 24.6. The van der Waals surface area contributed by atoms with Gasteiger partial charge in [0.15, 0.2) is 6.61 Å². The summed E-state index contributed by atoms with van der Waals surface area (Å²) >= 11 is 0. The van der Waals surface area contributed by atoms with Crippen LogP contribution in [0, 0.1) is 11.8 Å². The van der Waals surface area contributed by atoms with E-state index in [1.807, 2.05) is 27.7 Å². The summed E-state index contributed by atoms with van der Waals surface area (Å²) < 4.78 is 11.3. The number of hydrogen-bond acceptors (Lipinski definition) is 9. The third-order valence-corrected chi connectivity index (χ3v) is 8.85. The minimum atomic E-state index is -0.958. The number of benzene rings is 1. The molecule has 48 heavy (non-hydrogen) atoms. The van der Waals surface area contributed by atoms with Crippen LogP contribution in [0.25, 0.3) is 0 Å². The lowest BCUT2D eigenvalue weighted by molar-refractivity contribution is -0.140. The predicted octanol–water partition coefficient (Wildman–Crippen LogP) is 3.30. The van der Waals surface area contributed by atoms with Crippen molar-refractivity contribution in [3.63, 3.8) is 0 Å². The molecule has 1 saturated heterocycles. The van der Waals surface area contributed by atoms with E-state index >= 15 is 0 Å². The molecular weight excluding hydrogens is 616 g/mol. The molecule has 1 aromatic carbocycles. The second-order valence-electron chi connectivity index (χ2n) is 13.7. The van der Waals surface area contributed by atoms with Crippen molar-refractivity contribution in [2.75, 3.05) is 13.1 Å². The Morgan fingerprint density at radius 1 is 0.979 bits per heavy atom. The SMILES string of the molecule is CC(C)C[C@H]1NC(=O)c2ccccc2OCc2noc(n2)CCCCCCCCNC(=O)C[C@H](C(C)C)NC(=O)[C@H]2C[C@H](O)CN2C1=O. The number of aliphatic hydroxyl groups is 1. The molecular formula is C35H52N6O7. The maximum atomic E-state index is 14.0. The summed E-state index contributed by atoms with van der Waals surface area (Å²) in [4.78, 5) is 59.9. The van der Waals surface area contributed by atoms with E-state index in [0.29, 0.717) is 36.9 Å². The van der Waals surface area contributed by atoms with Crippen LogP contribution in [0.5, 0.6) is 5.75 Å². The third-order valence-electron chi connectivity index (χ3n) is 8.85. The fraction of sp³-hybridized carbons (Fsp3) is 0.657. The quantitative estimate of drug-likeness (QED) is 0.382. The van der Waals surface area contributed by atoms with Gasteiger partial charge in [0.25, 0.3) is 5.91 Å². The van der Waals surface area contributed by atoms with Crippen molar-refractivity contribution in [3.05, 3.63) is 41.5 Å². The molecule has 13 nitrogen and oxygen atoms in total. The van der Waals surface area contributed by atoms with Crippen LogP contribution in [0.1, 0.15) is 108 Å². The van der Waals surface area contributed by atoms with Gasteiger partial charge in [-0.15, -0.1) is 0 Å². The second-order valence-corrected chi connectivity index (χ2v) is 13.7. The summed E-state index contributed by atoms with van der Waals surface area (Å²) in [6.07, 6.45) is 6.16. The largest absolute Gasteiger partial charge is 0.485 e. The van der Waals surface area contributed by atoms with Crippen LogP contribution < -0.4 is 20.7 Å². The Hall–Kier alpha value is -4.00. The number of aliphatic hydroxyl groups excluding tert-OH is 1. The first-order valence-corrected chi connectivity index (χ1v) is 17.4. The third kappa shape index (κ3) is 10.8. The molecule has 0 spiro atoms. The number of aromatic nitrogens is 2. The molecule has 0 radical (unpaired) electrons. The zero-order chi connectivity index (χ0) is 34.6. The first-order valence-electron chi connectivity index (χ1n) is 17.4. The van der Waals surface area contributed by atoms with Gasteiger partial charge in [-0.3, -0.25) is 19.2 Å². The number of carbonyl (C=O) groups excluding carboxylic acids is 4. The Morgan fingerprint density at radius 2 is 1.71 bits per heavy atom. The fourth-order valence-electron chi connectivity index (χ4n) is 6.15. The summed E-state index contributed by atoms with van der Waals surface area (Å²) in [5.41, 5.74) is 0.230. The number of nitrogens with one attached hydrogen (secondary N) is 3. The van der Waals surface area contributed by atoms with Gasteiger partial charge in [0.1, 0.15) is 17.8 Å². The monoisotopic (exact) mass is 668 g/mol. The zero-order valence-electron chi connectivity index (χ0n) is 28.7. The minimum absolute atomic E-state index is 0.00147. The van der Waals surface area contributed by atoms with E-state index in [2.05, 4.69) is 26.1 Å². The molecule has 2 aromatic rings. The highest BCUT2D eigenvalue weighted by atomic mass is 16.5. The summed E-state index contributed by atoms with van der Waals surface area (Å²) in [6.45, 7) is 8.26. The summed E-state index contributed by atoms with van der Waals surface area (Å²) in [7, 11) is 0. The highest BCUT2D eigenvalue weighted by Gasteiger charge is 2.42. The molecule has 4 amide bonds. The van der Waals surface area contributed by atoms with Crippen LogP contribution in [-0.4, -0.2) is 81.1 Å². The van der Waals surface area contributed by atoms with Crippen molar-refractivity contribution in [3.8, 4) is 5.75 Å². The lowest BCUT2D eigenvalue weighted by Crippen LogP contribution is -2.55. The fourth-order valence-corrected chi connectivity index (χ4v) is 6.15. The molecule has 4 atom stereocenters. The number of nitrogens with zero attached hydrogens (tertiary/aromatic N) is 3. The maximum Gasteiger partial charge on any atom is 0.255 e. The van der Waals surface area contributed by atoms with Gasteiger partial charge in [0, 0.05) is 38.4 Å².